The number of fused-ring (bicyclic) bond motifs is 1. The second-order valence-electron chi connectivity index (χ2n) is 4.89. The predicted molar refractivity (Wildman–Crippen MR) is 95.8 cm³/mol. The zero-order valence-corrected chi connectivity index (χ0v) is 14.1. The normalized spacial score (nSPS) is 12.3. The predicted octanol–water partition coefficient (Wildman–Crippen LogP) is 4.11. The van der Waals surface area contributed by atoms with Gasteiger partial charge in [-0.2, -0.15) is 0 Å². The molecular weight excluding hydrogens is 355 g/mol. The number of aliphatic hydroxyl groups is 1. The van der Waals surface area contributed by atoms with E-state index >= 15 is 0 Å². The number of nitrogens with one attached hydrogen (secondary N) is 1. The first kappa shape index (κ1) is 16.2. The average Bonchev–Trinajstić information content (AvgIpc) is 2.55. The zero-order valence-electron chi connectivity index (χ0n) is 11.8. The van der Waals surface area contributed by atoms with Gasteiger partial charge in [-0.15, -0.1) is 0 Å². The Balaban J connectivity index is 1.77. The van der Waals surface area contributed by atoms with Crippen LogP contribution in [-0.4, -0.2) is 16.6 Å². The number of aromatic nitrogens is 1. The van der Waals surface area contributed by atoms with Crippen molar-refractivity contribution in [1.29, 1.82) is 0 Å². The van der Waals surface area contributed by atoms with Crippen molar-refractivity contribution in [2.45, 2.75) is 6.10 Å². The lowest BCUT2D eigenvalue weighted by Crippen LogP contribution is -2.13. The SMILES string of the molecule is O=c1sc(NCC(O)c2ccc(Cl)c(Cl)c2)nc2ccccc12. The van der Waals surface area contributed by atoms with Gasteiger partial charge in [-0.1, -0.05) is 52.7 Å². The molecule has 3 rings (SSSR count). The van der Waals surface area contributed by atoms with Crippen LogP contribution in [0.25, 0.3) is 10.9 Å². The second-order valence-corrected chi connectivity index (χ2v) is 6.67. The molecule has 1 heterocycles. The van der Waals surface area contributed by atoms with Gasteiger partial charge < -0.3 is 10.4 Å². The minimum Gasteiger partial charge on any atom is -0.387 e. The highest BCUT2D eigenvalue weighted by Crippen LogP contribution is 2.26. The Kier molecular flexibility index (Phi) is 4.82. The van der Waals surface area contributed by atoms with E-state index < -0.39 is 6.10 Å². The van der Waals surface area contributed by atoms with E-state index in [0.29, 0.717) is 31.6 Å². The third kappa shape index (κ3) is 3.64. The number of halogens is 2. The molecule has 7 heteroatoms. The third-order valence-electron chi connectivity index (χ3n) is 3.31. The molecule has 0 aliphatic heterocycles. The van der Waals surface area contributed by atoms with Gasteiger partial charge in [0.25, 0.3) is 0 Å². The standard InChI is InChI=1S/C16H12Cl2N2O2S/c17-11-6-5-9(7-12(11)18)14(21)8-19-16-20-13-4-2-1-3-10(13)15(22)23-16/h1-7,14,21H,8H2,(H,19,20). The minimum absolute atomic E-state index is 0.0675. The summed E-state index contributed by atoms with van der Waals surface area (Å²) in [4.78, 5) is 16.4. The number of nitrogens with zero attached hydrogens (tertiary/aromatic N) is 1. The summed E-state index contributed by atoms with van der Waals surface area (Å²) in [7, 11) is 0. The van der Waals surface area contributed by atoms with Crippen LogP contribution in [-0.2, 0) is 0 Å². The zero-order chi connectivity index (χ0) is 16.4. The number of anilines is 1. The summed E-state index contributed by atoms with van der Waals surface area (Å²) in [5.74, 6) is 0. The fourth-order valence-electron chi connectivity index (χ4n) is 2.12. The lowest BCUT2D eigenvalue weighted by atomic mass is 10.1. The topological polar surface area (TPSA) is 62.2 Å². The third-order valence-corrected chi connectivity index (χ3v) is 4.88. The highest BCUT2D eigenvalue weighted by Gasteiger charge is 2.11. The van der Waals surface area contributed by atoms with Crippen LogP contribution in [0.3, 0.4) is 0 Å². The average molecular weight is 367 g/mol. The van der Waals surface area contributed by atoms with Crippen molar-refractivity contribution in [2.24, 2.45) is 0 Å². The summed E-state index contributed by atoms with van der Waals surface area (Å²) in [5, 5.41) is 15.1. The fraction of sp³-hybridized carbons (Fsp3) is 0.125. The Morgan fingerprint density at radius 1 is 1.17 bits per heavy atom. The molecule has 1 atom stereocenters. The van der Waals surface area contributed by atoms with E-state index in [-0.39, 0.29) is 11.3 Å². The van der Waals surface area contributed by atoms with Crippen molar-refractivity contribution in [3.63, 3.8) is 0 Å². The molecule has 2 N–H and O–H groups in total. The molecular formula is C16H12Cl2N2O2S. The summed E-state index contributed by atoms with van der Waals surface area (Å²) in [5.41, 5.74) is 1.27. The Bertz CT molecular complexity index is 914. The van der Waals surface area contributed by atoms with Gasteiger partial charge in [0.05, 0.1) is 27.1 Å². The number of hydrogen-bond donors (Lipinski definition) is 2. The Morgan fingerprint density at radius 2 is 1.96 bits per heavy atom. The van der Waals surface area contributed by atoms with Crippen LogP contribution in [0, 0.1) is 0 Å². The molecule has 0 fully saturated rings. The van der Waals surface area contributed by atoms with Crippen molar-refractivity contribution in [2.75, 3.05) is 11.9 Å². The number of rotatable bonds is 4. The van der Waals surface area contributed by atoms with Crippen LogP contribution in [0.2, 0.25) is 10.0 Å². The molecule has 0 amide bonds. The highest BCUT2D eigenvalue weighted by atomic mass is 35.5. The molecule has 0 bridgehead atoms. The van der Waals surface area contributed by atoms with E-state index in [1.165, 1.54) is 0 Å². The van der Waals surface area contributed by atoms with E-state index in [1.807, 2.05) is 6.07 Å². The van der Waals surface area contributed by atoms with E-state index in [1.54, 1.807) is 36.4 Å². The van der Waals surface area contributed by atoms with Gasteiger partial charge in [-0.25, -0.2) is 4.98 Å². The Labute approximate surface area is 146 Å². The van der Waals surface area contributed by atoms with Gasteiger partial charge >= 0.3 is 0 Å². The monoisotopic (exact) mass is 366 g/mol. The quantitative estimate of drug-likeness (QED) is 0.729. The summed E-state index contributed by atoms with van der Waals surface area (Å²) < 4.78 is -0.0675. The fourth-order valence-corrected chi connectivity index (χ4v) is 3.18. The smallest absolute Gasteiger partial charge is 0.245 e. The minimum atomic E-state index is -0.791. The van der Waals surface area contributed by atoms with Crippen LogP contribution >= 0.6 is 34.5 Å². The molecule has 1 unspecified atom stereocenters. The number of benzene rings is 2. The summed E-state index contributed by atoms with van der Waals surface area (Å²) >= 11 is 12.8. The highest BCUT2D eigenvalue weighted by molar-refractivity contribution is 7.13. The van der Waals surface area contributed by atoms with Crippen molar-refractivity contribution in [1.82, 2.24) is 4.98 Å². The summed E-state index contributed by atoms with van der Waals surface area (Å²) in [6.07, 6.45) is -0.791. The van der Waals surface area contributed by atoms with Crippen molar-refractivity contribution >= 4 is 50.6 Å². The van der Waals surface area contributed by atoms with E-state index in [2.05, 4.69) is 10.3 Å². The molecule has 0 aliphatic rings. The van der Waals surface area contributed by atoms with E-state index in [0.717, 1.165) is 11.3 Å². The molecule has 2 aromatic carbocycles. The van der Waals surface area contributed by atoms with Gasteiger partial charge in [-0.05, 0) is 29.8 Å². The largest absolute Gasteiger partial charge is 0.387 e. The van der Waals surface area contributed by atoms with Gasteiger partial charge in [0.15, 0.2) is 5.13 Å². The lowest BCUT2D eigenvalue weighted by molar-refractivity contribution is 0.191. The number of aliphatic hydroxyl groups excluding tert-OH is 1. The first-order valence-corrected chi connectivity index (χ1v) is 8.38. The van der Waals surface area contributed by atoms with Gasteiger partial charge in [0.1, 0.15) is 0 Å². The van der Waals surface area contributed by atoms with Crippen LogP contribution in [0.1, 0.15) is 11.7 Å². The number of hydrogen-bond acceptors (Lipinski definition) is 5. The maximum atomic E-state index is 12.0. The molecule has 0 aliphatic carbocycles. The van der Waals surface area contributed by atoms with Gasteiger partial charge in [0, 0.05) is 6.54 Å². The molecule has 1 aromatic heterocycles. The van der Waals surface area contributed by atoms with E-state index in [9.17, 15) is 9.90 Å². The van der Waals surface area contributed by atoms with Crippen LogP contribution in [0.5, 0.6) is 0 Å². The van der Waals surface area contributed by atoms with Crippen molar-refractivity contribution in [3.05, 3.63) is 67.6 Å². The maximum Gasteiger partial charge on any atom is 0.245 e. The molecule has 3 aromatic rings. The molecule has 0 saturated heterocycles. The van der Waals surface area contributed by atoms with E-state index in [4.69, 9.17) is 23.2 Å². The van der Waals surface area contributed by atoms with Crippen LogP contribution in [0.4, 0.5) is 5.13 Å². The first-order valence-electron chi connectivity index (χ1n) is 6.81. The molecule has 23 heavy (non-hydrogen) atoms. The van der Waals surface area contributed by atoms with Crippen LogP contribution < -0.4 is 10.1 Å². The van der Waals surface area contributed by atoms with Crippen molar-refractivity contribution < 1.29 is 5.11 Å². The van der Waals surface area contributed by atoms with Gasteiger partial charge in [0.2, 0.25) is 4.74 Å². The lowest BCUT2D eigenvalue weighted by Gasteiger charge is -2.13. The Morgan fingerprint density at radius 3 is 2.74 bits per heavy atom. The summed E-state index contributed by atoms with van der Waals surface area (Å²) in [6.45, 7) is 0.208. The Hall–Kier alpha value is -1.66. The maximum absolute atomic E-state index is 12.0. The molecule has 0 saturated carbocycles. The summed E-state index contributed by atoms with van der Waals surface area (Å²) in [6, 6.07) is 12.1. The molecule has 0 spiro atoms. The van der Waals surface area contributed by atoms with Crippen molar-refractivity contribution in [3.8, 4) is 0 Å². The van der Waals surface area contributed by atoms with Gasteiger partial charge in [-0.3, -0.25) is 4.79 Å². The molecule has 118 valence electrons. The molecule has 0 radical (unpaired) electrons. The molecule has 4 nitrogen and oxygen atoms in total. The second kappa shape index (κ2) is 6.84. The van der Waals surface area contributed by atoms with Crippen LogP contribution in [0.15, 0.2) is 47.3 Å². The first-order chi connectivity index (χ1) is 11.0. The number of para-hydroxylation sites is 1.